The number of hydrogen-bond donors (Lipinski definition) is 0. The second kappa shape index (κ2) is 3.71. The highest BCUT2D eigenvalue weighted by Gasteiger charge is 2.47. The van der Waals surface area contributed by atoms with Crippen molar-refractivity contribution in [3.8, 4) is 0 Å². The summed E-state index contributed by atoms with van der Waals surface area (Å²) in [4.78, 5) is 0. The van der Waals surface area contributed by atoms with Crippen LogP contribution in [0.4, 0.5) is 0 Å². The number of allylic oxidation sites excluding steroid dienone is 1. The zero-order chi connectivity index (χ0) is 12.3. The van der Waals surface area contributed by atoms with Crippen LogP contribution < -0.4 is 0 Å². The molecule has 2 aromatic carbocycles. The lowest BCUT2D eigenvalue weighted by Gasteiger charge is -2.47. The van der Waals surface area contributed by atoms with Gasteiger partial charge in [-0.3, -0.25) is 0 Å². The fraction of sp³-hybridized carbons (Fsp3) is 0.250. The van der Waals surface area contributed by atoms with Crippen LogP contribution in [0.3, 0.4) is 0 Å². The number of benzene rings is 2. The van der Waals surface area contributed by atoms with Crippen LogP contribution in [0.2, 0.25) is 0 Å². The largest absolute Gasteiger partial charge is 0.0795 e. The number of halogens is 2. The molecule has 0 N–H and O–H groups in total. The Labute approximate surface area is 123 Å². The third-order valence-corrected chi connectivity index (χ3v) is 6.46. The zero-order valence-electron chi connectivity index (χ0n) is 9.79. The summed E-state index contributed by atoms with van der Waals surface area (Å²) in [5.41, 5.74) is 2.83. The van der Waals surface area contributed by atoms with E-state index in [1.807, 2.05) is 0 Å². The van der Waals surface area contributed by atoms with Gasteiger partial charge in [0.1, 0.15) is 0 Å². The Morgan fingerprint density at radius 3 is 2.89 bits per heavy atom. The van der Waals surface area contributed by atoms with Crippen molar-refractivity contribution < 1.29 is 0 Å². The van der Waals surface area contributed by atoms with Crippen LogP contribution in [0.1, 0.15) is 24.0 Å². The number of fused-ring (bicyclic) bond motifs is 4. The Balaban J connectivity index is 2.06. The Morgan fingerprint density at radius 2 is 2.11 bits per heavy atom. The molecule has 0 aromatic heterocycles. The first-order chi connectivity index (χ1) is 8.68. The monoisotopic (exact) mass is 362 g/mol. The number of hydrogen-bond acceptors (Lipinski definition) is 0. The minimum absolute atomic E-state index is 0.195. The van der Waals surface area contributed by atoms with E-state index in [4.69, 9.17) is 0 Å². The predicted molar refractivity (Wildman–Crippen MR) is 84.0 cm³/mol. The Morgan fingerprint density at radius 1 is 1.22 bits per heavy atom. The van der Waals surface area contributed by atoms with Gasteiger partial charge in [-0.05, 0) is 58.9 Å². The van der Waals surface area contributed by atoms with E-state index in [1.54, 1.807) is 0 Å². The van der Waals surface area contributed by atoms with Crippen LogP contribution in [0.15, 0.2) is 40.9 Å². The molecule has 0 spiro atoms. The van der Waals surface area contributed by atoms with E-state index in [0.717, 1.165) is 0 Å². The van der Waals surface area contributed by atoms with Gasteiger partial charge in [-0.2, -0.15) is 0 Å². The third-order valence-electron chi connectivity index (χ3n) is 4.36. The minimum Gasteiger partial charge on any atom is -0.0795 e. The average molecular weight is 364 g/mol. The molecule has 2 aliphatic carbocycles. The molecule has 0 heterocycles. The summed E-state index contributed by atoms with van der Waals surface area (Å²) in [5, 5.41) is 2.62. The number of rotatable bonds is 0. The third kappa shape index (κ3) is 1.36. The predicted octanol–water partition coefficient (Wildman–Crippen LogP) is 5.63. The Bertz CT molecular complexity index is 687. The molecule has 2 heteroatoms. The van der Waals surface area contributed by atoms with Crippen molar-refractivity contribution in [2.45, 2.75) is 17.2 Å². The van der Waals surface area contributed by atoms with Gasteiger partial charge in [0.25, 0.3) is 0 Å². The van der Waals surface area contributed by atoms with Crippen molar-refractivity contribution in [1.82, 2.24) is 0 Å². The maximum Gasteiger partial charge on any atom is 0.0574 e. The molecule has 0 nitrogen and oxygen atoms in total. The lowest BCUT2D eigenvalue weighted by molar-refractivity contribution is 0.281. The van der Waals surface area contributed by atoms with Gasteiger partial charge in [0.05, 0.1) is 4.32 Å². The van der Waals surface area contributed by atoms with E-state index >= 15 is 0 Å². The molecule has 0 radical (unpaired) electrons. The molecule has 4 rings (SSSR count). The smallest absolute Gasteiger partial charge is 0.0574 e. The van der Waals surface area contributed by atoms with Gasteiger partial charge in [0, 0.05) is 4.47 Å². The topological polar surface area (TPSA) is 0 Å². The summed E-state index contributed by atoms with van der Waals surface area (Å²) in [6.07, 6.45) is 7.20. The quantitative estimate of drug-likeness (QED) is 0.532. The molecule has 0 amide bonds. The molecule has 2 aromatic rings. The van der Waals surface area contributed by atoms with E-state index in [-0.39, 0.29) is 4.32 Å². The SMILES string of the molecule is Brc1cccc2cc3c(cc12)C1(Br)CCC1C=C3. The molecule has 90 valence electrons. The van der Waals surface area contributed by atoms with Gasteiger partial charge in [-0.15, -0.1) is 0 Å². The minimum atomic E-state index is 0.195. The zero-order valence-corrected chi connectivity index (χ0v) is 13.0. The Hall–Kier alpha value is -0.600. The highest BCUT2D eigenvalue weighted by molar-refractivity contribution is 9.10. The summed E-state index contributed by atoms with van der Waals surface area (Å²) in [6, 6.07) is 11.1. The van der Waals surface area contributed by atoms with E-state index in [9.17, 15) is 0 Å². The van der Waals surface area contributed by atoms with Crippen LogP contribution in [0, 0.1) is 5.92 Å². The first-order valence-corrected chi connectivity index (χ1v) is 7.87. The van der Waals surface area contributed by atoms with Crippen LogP contribution in [-0.4, -0.2) is 0 Å². The molecule has 1 saturated carbocycles. The van der Waals surface area contributed by atoms with Gasteiger partial charge < -0.3 is 0 Å². The fourth-order valence-corrected chi connectivity index (χ4v) is 4.62. The normalized spacial score (nSPS) is 28.7. The summed E-state index contributed by atoms with van der Waals surface area (Å²) in [6.45, 7) is 0. The van der Waals surface area contributed by atoms with Crippen LogP contribution in [0.25, 0.3) is 16.8 Å². The summed E-state index contributed by atoms with van der Waals surface area (Å²) in [5.74, 6) is 0.671. The molecule has 2 atom stereocenters. The average Bonchev–Trinajstić information content (AvgIpc) is 2.35. The maximum atomic E-state index is 3.99. The van der Waals surface area contributed by atoms with Crippen molar-refractivity contribution in [2.75, 3.05) is 0 Å². The standard InChI is InChI=1S/C16H12Br2/c17-15-3-1-2-10-8-11-4-5-12-6-7-16(12,18)14(11)9-13(10)15/h1-5,8-9,12H,6-7H2. The van der Waals surface area contributed by atoms with Gasteiger partial charge >= 0.3 is 0 Å². The molecule has 1 fully saturated rings. The van der Waals surface area contributed by atoms with Crippen molar-refractivity contribution in [1.29, 1.82) is 0 Å². The lowest BCUT2D eigenvalue weighted by atomic mass is 9.65. The van der Waals surface area contributed by atoms with Crippen molar-refractivity contribution >= 4 is 48.7 Å². The van der Waals surface area contributed by atoms with Crippen LogP contribution in [-0.2, 0) is 4.32 Å². The van der Waals surface area contributed by atoms with Gasteiger partial charge in [0.15, 0.2) is 0 Å². The van der Waals surface area contributed by atoms with E-state index in [1.165, 1.54) is 39.2 Å². The lowest BCUT2D eigenvalue weighted by Crippen LogP contribution is -2.39. The van der Waals surface area contributed by atoms with Crippen molar-refractivity contribution in [3.63, 3.8) is 0 Å². The molecule has 0 aliphatic heterocycles. The summed E-state index contributed by atoms with van der Waals surface area (Å²) in [7, 11) is 0. The molecule has 0 saturated heterocycles. The molecular weight excluding hydrogens is 352 g/mol. The molecule has 0 bridgehead atoms. The van der Waals surface area contributed by atoms with E-state index < -0.39 is 0 Å². The van der Waals surface area contributed by atoms with Gasteiger partial charge in [0.2, 0.25) is 0 Å². The molecule has 2 aliphatic rings. The molecular formula is C16H12Br2. The highest BCUT2D eigenvalue weighted by Crippen LogP contribution is 2.58. The van der Waals surface area contributed by atoms with Crippen molar-refractivity contribution in [2.24, 2.45) is 5.92 Å². The summed E-state index contributed by atoms with van der Waals surface area (Å²) < 4.78 is 1.38. The van der Waals surface area contributed by atoms with Gasteiger partial charge in [-0.25, -0.2) is 0 Å². The van der Waals surface area contributed by atoms with E-state index in [0.29, 0.717) is 5.92 Å². The fourth-order valence-electron chi connectivity index (χ4n) is 3.17. The van der Waals surface area contributed by atoms with Crippen molar-refractivity contribution in [3.05, 3.63) is 52.0 Å². The molecule has 18 heavy (non-hydrogen) atoms. The van der Waals surface area contributed by atoms with Crippen LogP contribution in [0.5, 0.6) is 0 Å². The van der Waals surface area contributed by atoms with Gasteiger partial charge in [-0.1, -0.05) is 56.1 Å². The number of alkyl halides is 1. The molecule has 2 unspecified atom stereocenters. The Kier molecular flexibility index (Phi) is 2.31. The second-order valence-electron chi connectivity index (χ2n) is 5.27. The first-order valence-electron chi connectivity index (χ1n) is 6.28. The highest BCUT2D eigenvalue weighted by atomic mass is 79.9. The first kappa shape index (κ1) is 11.2. The maximum absolute atomic E-state index is 3.99. The second-order valence-corrected chi connectivity index (χ2v) is 7.54. The summed E-state index contributed by atoms with van der Waals surface area (Å²) >= 11 is 7.65. The van der Waals surface area contributed by atoms with E-state index in [2.05, 4.69) is 74.3 Å². The van der Waals surface area contributed by atoms with Crippen LogP contribution >= 0.6 is 31.9 Å².